The van der Waals surface area contributed by atoms with Crippen LogP contribution in [0.2, 0.25) is 0 Å². The van der Waals surface area contributed by atoms with Crippen LogP contribution in [-0.2, 0) is 9.53 Å². The van der Waals surface area contributed by atoms with Crippen LogP contribution in [0.3, 0.4) is 0 Å². The number of amides is 1. The minimum Gasteiger partial charge on any atom is -0.368 e. The first kappa shape index (κ1) is 16.8. The number of hydrogen-bond donors (Lipinski definition) is 0. The number of thiazole rings is 1. The van der Waals surface area contributed by atoms with Gasteiger partial charge in [0.05, 0.1) is 10.2 Å². The number of anilines is 1. The van der Waals surface area contributed by atoms with Crippen LogP contribution in [0.15, 0.2) is 18.2 Å². The Morgan fingerprint density at radius 1 is 1.28 bits per heavy atom. The van der Waals surface area contributed by atoms with E-state index in [1.165, 1.54) is 10.3 Å². The third kappa shape index (κ3) is 3.25. The van der Waals surface area contributed by atoms with Gasteiger partial charge >= 0.3 is 0 Å². The lowest BCUT2D eigenvalue weighted by atomic mass is 10.0. The van der Waals surface area contributed by atoms with E-state index >= 15 is 0 Å². The highest BCUT2D eigenvalue weighted by Gasteiger charge is 2.31. The first-order valence-corrected chi connectivity index (χ1v) is 10.00. The second kappa shape index (κ2) is 6.92. The molecule has 0 aliphatic carbocycles. The number of fused-ring (bicyclic) bond motifs is 1. The predicted molar refractivity (Wildman–Crippen MR) is 101 cm³/mol. The normalized spacial score (nSPS) is 21.5. The molecule has 0 spiro atoms. The third-order valence-electron chi connectivity index (χ3n) is 5.13. The first-order chi connectivity index (χ1) is 12.1. The number of hydrogen-bond acceptors (Lipinski definition) is 5. The van der Waals surface area contributed by atoms with Crippen molar-refractivity contribution < 1.29 is 9.53 Å². The monoisotopic (exact) mass is 359 g/mol. The van der Waals surface area contributed by atoms with Gasteiger partial charge in [-0.3, -0.25) is 4.79 Å². The van der Waals surface area contributed by atoms with Gasteiger partial charge in [-0.05, 0) is 30.4 Å². The molecular weight excluding hydrogens is 334 g/mol. The van der Waals surface area contributed by atoms with Crippen LogP contribution in [0.5, 0.6) is 0 Å². The van der Waals surface area contributed by atoms with E-state index in [0.29, 0.717) is 5.92 Å². The molecule has 134 valence electrons. The molecule has 1 atom stereocenters. The lowest BCUT2D eigenvalue weighted by molar-refractivity contribution is -0.141. The van der Waals surface area contributed by atoms with Crippen LogP contribution in [0.4, 0.5) is 5.13 Å². The van der Waals surface area contributed by atoms with Crippen molar-refractivity contribution in [1.29, 1.82) is 0 Å². The molecule has 25 heavy (non-hydrogen) atoms. The van der Waals surface area contributed by atoms with E-state index in [1.54, 1.807) is 11.3 Å². The van der Waals surface area contributed by atoms with Crippen LogP contribution in [0.25, 0.3) is 10.2 Å². The number of benzene rings is 1. The molecule has 2 saturated heterocycles. The Balaban J connectivity index is 1.46. The van der Waals surface area contributed by atoms with Gasteiger partial charge in [0.15, 0.2) is 5.13 Å². The maximum atomic E-state index is 12.5. The number of carbonyl (C=O) groups is 1. The zero-order chi connectivity index (χ0) is 17.4. The molecule has 2 fully saturated rings. The number of nitrogens with zero attached hydrogens (tertiary/aromatic N) is 3. The highest BCUT2D eigenvalue weighted by molar-refractivity contribution is 7.22. The average molecular weight is 359 g/mol. The molecular formula is C19H25N3O2S. The molecule has 0 bridgehead atoms. The Bertz CT molecular complexity index is 759. The standard InChI is InChI=1S/C19H25N3O2S/c1-13(2)14-5-3-7-16-17(14)20-19(25-16)22-10-8-21(9-11-22)18(23)15-6-4-12-24-15/h3,5,7,13,15H,4,6,8-12H2,1-2H3. The molecule has 2 aromatic rings. The van der Waals surface area contributed by atoms with Gasteiger partial charge in [0.2, 0.25) is 0 Å². The third-order valence-corrected chi connectivity index (χ3v) is 6.21. The first-order valence-electron chi connectivity index (χ1n) is 9.18. The van der Waals surface area contributed by atoms with Gasteiger partial charge in [0.1, 0.15) is 6.10 Å². The van der Waals surface area contributed by atoms with Crippen molar-refractivity contribution >= 4 is 32.6 Å². The molecule has 1 unspecified atom stereocenters. The number of aromatic nitrogens is 1. The predicted octanol–water partition coefficient (Wildman–Crippen LogP) is 3.25. The van der Waals surface area contributed by atoms with E-state index < -0.39 is 0 Å². The lowest BCUT2D eigenvalue weighted by Crippen LogP contribution is -2.51. The number of carbonyl (C=O) groups excluding carboxylic acids is 1. The van der Waals surface area contributed by atoms with Gasteiger partial charge in [0, 0.05) is 32.8 Å². The minimum atomic E-state index is -0.206. The maximum Gasteiger partial charge on any atom is 0.251 e. The van der Waals surface area contributed by atoms with Crippen LogP contribution in [-0.4, -0.2) is 54.7 Å². The van der Waals surface area contributed by atoms with E-state index in [2.05, 4.69) is 36.9 Å². The van der Waals surface area contributed by atoms with Crippen LogP contribution < -0.4 is 4.90 Å². The smallest absolute Gasteiger partial charge is 0.251 e. The Labute approximate surface area is 152 Å². The molecule has 0 radical (unpaired) electrons. The molecule has 2 aliphatic heterocycles. The molecule has 1 amide bonds. The van der Waals surface area contributed by atoms with Crippen molar-refractivity contribution in [2.75, 3.05) is 37.7 Å². The van der Waals surface area contributed by atoms with Crippen LogP contribution in [0.1, 0.15) is 38.2 Å². The number of para-hydroxylation sites is 1. The molecule has 6 heteroatoms. The fraction of sp³-hybridized carbons (Fsp3) is 0.579. The molecule has 1 aromatic heterocycles. The average Bonchev–Trinajstić information content (AvgIpc) is 3.30. The van der Waals surface area contributed by atoms with E-state index in [-0.39, 0.29) is 12.0 Å². The van der Waals surface area contributed by atoms with Gasteiger partial charge in [-0.1, -0.05) is 37.3 Å². The maximum absolute atomic E-state index is 12.5. The lowest BCUT2D eigenvalue weighted by Gasteiger charge is -2.35. The fourth-order valence-electron chi connectivity index (χ4n) is 3.65. The Hall–Kier alpha value is -1.66. The fourth-order valence-corrected chi connectivity index (χ4v) is 4.71. The SMILES string of the molecule is CC(C)c1cccc2sc(N3CCN(C(=O)C4CCCO4)CC3)nc12. The van der Waals surface area contributed by atoms with Gasteiger partial charge < -0.3 is 14.5 Å². The summed E-state index contributed by atoms with van der Waals surface area (Å²) in [6.07, 6.45) is 1.66. The molecule has 2 aliphatic rings. The van der Waals surface area contributed by atoms with E-state index in [1.807, 2.05) is 4.90 Å². The molecule has 0 saturated carbocycles. The summed E-state index contributed by atoms with van der Waals surface area (Å²) in [5.74, 6) is 0.642. The number of rotatable bonds is 3. The molecule has 1 aromatic carbocycles. The van der Waals surface area contributed by atoms with Gasteiger partial charge in [-0.25, -0.2) is 4.98 Å². The molecule has 4 rings (SSSR count). The Morgan fingerprint density at radius 3 is 2.76 bits per heavy atom. The highest BCUT2D eigenvalue weighted by Crippen LogP contribution is 2.33. The topological polar surface area (TPSA) is 45.7 Å². The van der Waals surface area contributed by atoms with Gasteiger partial charge in [-0.2, -0.15) is 0 Å². The van der Waals surface area contributed by atoms with Crippen LogP contribution in [0, 0.1) is 0 Å². The minimum absolute atomic E-state index is 0.170. The summed E-state index contributed by atoms with van der Waals surface area (Å²) in [5.41, 5.74) is 2.45. The summed E-state index contributed by atoms with van der Waals surface area (Å²) < 4.78 is 6.79. The summed E-state index contributed by atoms with van der Waals surface area (Å²) >= 11 is 1.76. The Morgan fingerprint density at radius 2 is 2.08 bits per heavy atom. The largest absolute Gasteiger partial charge is 0.368 e. The van der Waals surface area contributed by atoms with Crippen molar-refractivity contribution in [3.63, 3.8) is 0 Å². The Kier molecular flexibility index (Phi) is 4.65. The second-order valence-electron chi connectivity index (χ2n) is 7.16. The van der Waals surface area contributed by atoms with E-state index in [4.69, 9.17) is 9.72 Å². The zero-order valence-electron chi connectivity index (χ0n) is 14.9. The zero-order valence-corrected chi connectivity index (χ0v) is 15.7. The van der Waals surface area contributed by atoms with E-state index in [0.717, 1.165) is 56.3 Å². The van der Waals surface area contributed by atoms with Crippen molar-refractivity contribution in [2.24, 2.45) is 0 Å². The van der Waals surface area contributed by atoms with E-state index in [9.17, 15) is 4.79 Å². The summed E-state index contributed by atoms with van der Waals surface area (Å²) in [5, 5.41) is 1.08. The number of piperazine rings is 1. The van der Waals surface area contributed by atoms with Crippen molar-refractivity contribution in [3.8, 4) is 0 Å². The summed E-state index contributed by atoms with van der Waals surface area (Å²) in [6.45, 7) is 8.34. The van der Waals surface area contributed by atoms with Gasteiger partial charge in [-0.15, -0.1) is 0 Å². The molecule has 5 nitrogen and oxygen atoms in total. The van der Waals surface area contributed by atoms with Crippen LogP contribution >= 0.6 is 11.3 Å². The molecule has 0 N–H and O–H groups in total. The second-order valence-corrected chi connectivity index (χ2v) is 8.17. The van der Waals surface area contributed by atoms with Crippen molar-refractivity contribution in [3.05, 3.63) is 23.8 Å². The summed E-state index contributed by atoms with van der Waals surface area (Å²) in [7, 11) is 0. The molecule has 3 heterocycles. The summed E-state index contributed by atoms with van der Waals surface area (Å²) in [6, 6.07) is 6.45. The van der Waals surface area contributed by atoms with Crippen molar-refractivity contribution in [2.45, 2.75) is 38.7 Å². The van der Waals surface area contributed by atoms with Gasteiger partial charge in [0.25, 0.3) is 5.91 Å². The highest BCUT2D eigenvalue weighted by atomic mass is 32.1. The number of ether oxygens (including phenoxy) is 1. The quantitative estimate of drug-likeness (QED) is 0.844. The summed E-state index contributed by atoms with van der Waals surface area (Å²) in [4.78, 5) is 21.7. The van der Waals surface area contributed by atoms with Crippen molar-refractivity contribution in [1.82, 2.24) is 9.88 Å².